The maximum Gasteiger partial charge on any atom is 0.293 e. The van der Waals surface area contributed by atoms with E-state index in [9.17, 15) is 9.90 Å². The molecule has 0 saturated carbocycles. The number of thiocarbonyl (C=S) groups is 1. The van der Waals surface area contributed by atoms with E-state index >= 15 is 0 Å². The number of aromatic hydroxyl groups is 1. The number of nitrogens with one attached hydrogen (secondary N) is 2. The maximum atomic E-state index is 12.3. The van der Waals surface area contributed by atoms with Crippen LogP contribution in [-0.4, -0.2) is 23.2 Å². The average Bonchev–Trinajstić information content (AvgIpc) is 3.14. The Morgan fingerprint density at radius 3 is 2.74 bits per heavy atom. The number of methoxy groups -OCH3 is 1. The van der Waals surface area contributed by atoms with Gasteiger partial charge in [-0.2, -0.15) is 0 Å². The van der Waals surface area contributed by atoms with Crippen LogP contribution in [0.4, 0.5) is 5.69 Å². The molecule has 0 saturated heterocycles. The van der Waals surface area contributed by atoms with Gasteiger partial charge in [-0.05, 0) is 48.6 Å². The molecule has 0 aliphatic carbocycles. The molecule has 0 unspecified atom stereocenters. The van der Waals surface area contributed by atoms with Crippen molar-refractivity contribution < 1.29 is 19.1 Å². The minimum absolute atomic E-state index is 0.00394. The van der Waals surface area contributed by atoms with E-state index in [1.54, 1.807) is 36.4 Å². The van der Waals surface area contributed by atoms with Gasteiger partial charge in [0.1, 0.15) is 17.3 Å². The van der Waals surface area contributed by atoms with E-state index in [1.807, 2.05) is 6.07 Å². The highest BCUT2D eigenvalue weighted by Gasteiger charge is 2.15. The normalized spacial score (nSPS) is 10.3. The number of rotatable bonds is 4. The Labute approximate surface area is 165 Å². The maximum absolute atomic E-state index is 12.3. The molecule has 0 aliphatic rings. The van der Waals surface area contributed by atoms with Crippen LogP contribution in [-0.2, 0) is 0 Å². The van der Waals surface area contributed by atoms with Gasteiger partial charge in [0.05, 0.1) is 12.8 Å². The van der Waals surface area contributed by atoms with Gasteiger partial charge in [-0.25, -0.2) is 0 Å². The van der Waals surface area contributed by atoms with Crippen molar-refractivity contribution in [1.82, 2.24) is 5.32 Å². The summed E-state index contributed by atoms with van der Waals surface area (Å²) >= 11 is 11.1. The van der Waals surface area contributed by atoms with Gasteiger partial charge in [0.25, 0.3) is 5.91 Å². The molecule has 3 aromatic rings. The third-order valence-electron chi connectivity index (χ3n) is 3.62. The zero-order valence-corrected chi connectivity index (χ0v) is 15.7. The van der Waals surface area contributed by atoms with Crippen molar-refractivity contribution in [2.75, 3.05) is 12.4 Å². The lowest BCUT2D eigenvalue weighted by molar-refractivity contribution is 0.0951. The molecule has 0 aliphatic heterocycles. The number of amides is 1. The van der Waals surface area contributed by atoms with Gasteiger partial charge in [0.15, 0.2) is 10.9 Å². The van der Waals surface area contributed by atoms with Crippen molar-refractivity contribution in [2.24, 2.45) is 0 Å². The number of hydrogen-bond acceptors (Lipinski definition) is 5. The fraction of sp³-hybridized carbons (Fsp3) is 0.0526. The summed E-state index contributed by atoms with van der Waals surface area (Å²) in [6.45, 7) is 0. The number of furan rings is 1. The van der Waals surface area contributed by atoms with Gasteiger partial charge >= 0.3 is 0 Å². The summed E-state index contributed by atoms with van der Waals surface area (Å²) in [5, 5.41) is 15.7. The van der Waals surface area contributed by atoms with Crippen LogP contribution >= 0.6 is 23.8 Å². The molecule has 0 fully saturated rings. The highest BCUT2D eigenvalue weighted by molar-refractivity contribution is 7.80. The molecule has 0 radical (unpaired) electrons. The number of carbonyl (C=O) groups excluding carboxylic acids is 1. The van der Waals surface area contributed by atoms with Gasteiger partial charge in [-0.15, -0.1) is 0 Å². The van der Waals surface area contributed by atoms with Gasteiger partial charge in [0, 0.05) is 16.7 Å². The SMILES string of the molecule is COc1ccc(O)c(NC(=S)NC(=O)c2ccc(-c3cccc(Cl)c3)o2)c1. The lowest BCUT2D eigenvalue weighted by Gasteiger charge is -2.11. The Bertz CT molecular complexity index is 1000. The molecule has 138 valence electrons. The second kappa shape index (κ2) is 8.11. The van der Waals surface area contributed by atoms with Crippen molar-refractivity contribution in [2.45, 2.75) is 0 Å². The third kappa shape index (κ3) is 4.58. The number of benzene rings is 2. The van der Waals surface area contributed by atoms with E-state index in [-0.39, 0.29) is 16.6 Å². The topological polar surface area (TPSA) is 83.7 Å². The van der Waals surface area contributed by atoms with E-state index in [0.29, 0.717) is 22.2 Å². The van der Waals surface area contributed by atoms with E-state index < -0.39 is 5.91 Å². The Balaban J connectivity index is 1.68. The van der Waals surface area contributed by atoms with E-state index in [0.717, 1.165) is 5.56 Å². The van der Waals surface area contributed by atoms with Gasteiger partial charge < -0.3 is 19.6 Å². The molecule has 1 aromatic heterocycles. The smallest absolute Gasteiger partial charge is 0.293 e. The molecule has 0 bridgehead atoms. The Morgan fingerprint density at radius 2 is 2.00 bits per heavy atom. The highest BCUT2D eigenvalue weighted by Crippen LogP contribution is 2.28. The fourth-order valence-electron chi connectivity index (χ4n) is 2.32. The van der Waals surface area contributed by atoms with Crippen molar-refractivity contribution in [3.8, 4) is 22.8 Å². The molecule has 3 rings (SSSR count). The second-order valence-corrected chi connectivity index (χ2v) is 6.31. The van der Waals surface area contributed by atoms with Crippen LogP contribution in [0.1, 0.15) is 10.6 Å². The largest absolute Gasteiger partial charge is 0.506 e. The van der Waals surface area contributed by atoms with Gasteiger partial charge in [-0.1, -0.05) is 23.7 Å². The number of hydrogen-bond donors (Lipinski definition) is 3. The predicted octanol–water partition coefficient (Wildman–Crippen LogP) is 4.44. The molecule has 3 N–H and O–H groups in total. The molecule has 8 heteroatoms. The first-order valence-electron chi connectivity index (χ1n) is 7.81. The third-order valence-corrected chi connectivity index (χ3v) is 4.06. The van der Waals surface area contributed by atoms with Crippen molar-refractivity contribution in [3.05, 3.63) is 65.4 Å². The molecule has 1 heterocycles. The minimum atomic E-state index is -0.525. The van der Waals surface area contributed by atoms with Crippen LogP contribution in [0.2, 0.25) is 5.02 Å². The van der Waals surface area contributed by atoms with Gasteiger partial charge in [-0.3, -0.25) is 10.1 Å². The number of halogens is 1. The highest BCUT2D eigenvalue weighted by atomic mass is 35.5. The minimum Gasteiger partial charge on any atom is -0.506 e. The van der Waals surface area contributed by atoms with Crippen LogP contribution in [0.15, 0.2) is 59.0 Å². The number of anilines is 1. The van der Waals surface area contributed by atoms with E-state index in [2.05, 4.69) is 10.6 Å². The van der Waals surface area contributed by atoms with Crippen LogP contribution < -0.4 is 15.4 Å². The lowest BCUT2D eigenvalue weighted by atomic mass is 10.2. The van der Waals surface area contributed by atoms with Crippen LogP contribution in [0.25, 0.3) is 11.3 Å². The summed E-state index contributed by atoms with van der Waals surface area (Å²) in [6, 6.07) is 14.9. The first-order chi connectivity index (χ1) is 13.0. The Morgan fingerprint density at radius 1 is 1.19 bits per heavy atom. The number of phenols is 1. The molecular formula is C19H15ClN2O4S. The lowest BCUT2D eigenvalue weighted by Crippen LogP contribution is -2.33. The van der Waals surface area contributed by atoms with Crippen LogP contribution in [0.5, 0.6) is 11.5 Å². The van der Waals surface area contributed by atoms with Gasteiger partial charge in [0.2, 0.25) is 0 Å². The van der Waals surface area contributed by atoms with Crippen LogP contribution in [0, 0.1) is 0 Å². The number of ether oxygens (including phenoxy) is 1. The molecule has 0 atom stereocenters. The molecule has 2 aromatic carbocycles. The standard InChI is InChI=1S/C19H15ClN2O4S/c1-25-13-5-6-15(23)14(10-13)21-19(27)22-18(24)17-8-7-16(26-17)11-3-2-4-12(20)9-11/h2-10,23H,1H3,(H2,21,22,24,27). The summed E-state index contributed by atoms with van der Waals surface area (Å²) in [7, 11) is 1.50. The molecule has 0 spiro atoms. The first-order valence-corrected chi connectivity index (χ1v) is 8.60. The molecule has 6 nitrogen and oxygen atoms in total. The Hall–Kier alpha value is -3.03. The van der Waals surface area contributed by atoms with Crippen molar-refractivity contribution >= 4 is 40.5 Å². The number of phenolic OH excluding ortho intramolecular Hbond substituents is 1. The van der Waals surface area contributed by atoms with Crippen molar-refractivity contribution in [3.63, 3.8) is 0 Å². The first kappa shape index (κ1) is 18.8. The molecular weight excluding hydrogens is 388 g/mol. The fourth-order valence-corrected chi connectivity index (χ4v) is 2.71. The zero-order valence-electron chi connectivity index (χ0n) is 14.2. The second-order valence-electron chi connectivity index (χ2n) is 5.47. The predicted molar refractivity (Wildman–Crippen MR) is 107 cm³/mol. The van der Waals surface area contributed by atoms with E-state index in [4.69, 9.17) is 33.0 Å². The number of carbonyl (C=O) groups is 1. The summed E-state index contributed by atoms with van der Waals surface area (Å²) in [5.41, 5.74) is 1.06. The summed E-state index contributed by atoms with van der Waals surface area (Å²) < 4.78 is 10.7. The zero-order chi connectivity index (χ0) is 19.4. The van der Waals surface area contributed by atoms with Crippen molar-refractivity contribution in [1.29, 1.82) is 0 Å². The monoisotopic (exact) mass is 402 g/mol. The molecule has 1 amide bonds. The Kier molecular flexibility index (Phi) is 5.63. The average molecular weight is 403 g/mol. The van der Waals surface area contributed by atoms with Crippen LogP contribution in [0.3, 0.4) is 0 Å². The molecule has 27 heavy (non-hydrogen) atoms. The summed E-state index contributed by atoms with van der Waals surface area (Å²) in [4.78, 5) is 12.3. The quantitative estimate of drug-likeness (QED) is 0.442. The van der Waals surface area contributed by atoms with E-state index in [1.165, 1.54) is 19.2 Å². The summed E-state index contributed by atoms with van der Waals surface area (Å²) in [5.74, 6) is 0.564. The summed E-state index contributed by atoms with van der Waals surface area (Å²) in [6.07, 6.45) is 0.